The molecule has 2 rings (SSSR count). The fraction of sp³-hybridized carbons (Fsp3) is 0.333. The molecule has 0 spiro atoms. The van der Waals surface area contributed by atoms with E-state index in [1.807, 2.05) is 44.2 Å². The number of phenols is 1. The number of aromatic hydroxyl groups is 1. The van der Waals surface area contributed by atoms with E-state index in [4.69, 9.17) is 0 Å². The van der Waals surface area contributed by atoms with Gasteiger partial charge in [-0.2, -0.15) is 0 Å². The smallest absolute Gasteiger partial charge is 0.121 e. The second-order valence-corrected chi connectivity index (χ2v) is 5.53. The summed E-state index contributed by atoms with van der Waals surface area (Å²) in [5.41, 5.74) is 4.10. The summed E-state index contributed by atoms with van der Waals surface area (Å²) >= 11 is 0. The van der Waals surface area contributed by atoms with Gasteiger partial charge in [0.25, 0.3) is 0 Å². The summed E-state index contributed by atoms with van der Waals surface area (Å²) in [6.07, 6.45) is 0.799. The highest BCUT2D eigenvalue weighted by Crippen LogP contribution is 2.22. The van der Waals surface area contributed by atoms with Gasteiger partial charge in [0.1, 0.15) is 5.75 Å². The van der Waals surface area contributed by atoms with Gasteiger partial charge in [-0.25, -0.2) is 0 Å². The fourth-order valence-electron chi connectivity index (χ4n) is 2.51. The molecule has 0 aliphatic heterocycles. The molecule has 0 radical (unpaired) electrons. The molecule has 0 aromatic heterocycles. The zero-order valence-corrected chi connectivity index (χ0v) is 12.6. The Labute approximate surface area is 126 Å². The van der Waals surface area contributed by atoms with Crippen LogP contribution < -0.4 is 5.32 Å². The van der Waals surface area contributed by atoms with Gasteiger partial charge in [0.2, 0.25) is 0 Å². The molecule has 0 heterocycles. The molecule has 112 valence electrons. The highest BCUT2D eigenvalue weighted by atomic mass is 16.3. The normalized spacial score (nSPS) is 12.3. The Bertz CT molecular complexity index is 558. The molecule has 1 atom stereocenters. The van der Waals surface area contributed by atoms with Gasteiger partial charge in [0.05, 0.1) is 6.61 Å². The van der Waals surface area contributed by atoms with Gasteiger partial charge in [0, 0.05) is 12.6 Å². The van der Waals surface area contributed by atoms with E-state index in [2.05, 4.69) is 17.4 Å². The highest BCUT2D eigenvalue weighted by Gasteiger charge is 2.09. The largest absolute Gasteiger partial charge is 0.507 e. The van der Waals surface area contributed by atoms with E-state index >= 15 is 0 Å². The summed E-state index contributed by atoms with van der Waals surface area (Å²) in [6.45, 7) is 4.59. The van der Waals surface area contributed by atoms with Crippen LogP contribution in [-0.4, -0.2) is 22.9 Å². The summed E-state index contributed by atoms with van der Waals surface area (Å²) in [7, 11) is 0. The lowest BCUT2D eigenvalue weighted by Crippen LogP contribution is -2.34. The molecule has 0 saturated carbocycles. The molecular formula is C18H23NO2. The number of nitrogens with one attached hydrogen (secondary N) is 1. The number of phenolic OH excluding ortho intramolecular Hbond substituents is 1. The van der Waals surface area contributed by atoms with Crippen LogP contribution in [0.15, 0.2) is 42.5 Å². The lowest BCUT2D eigenvalue weighted by atomic mass is 10.0. The van der Waals surface area contributed by atoms with Crippen molar-refractivity contribution in [2.75, 3.05) is 6.61 Å². The van der Waals surface area contributed by atoms with Crippen LogP contribution in [0.1, 0.15) is 22.3 Å². The van der Waals surface area contributed by atoms with Crippen molar-refractivity contribution in [1.82, 2.24) is 5.32 Å². The molecule has 3 N–H and O–H groups in total. The first-order valence-electron chi connectivity index (χ1n) is 7.27. The van der Waals surface area contributed by atoms with Crippen LogP contribution in [0.3, 0.4) is 0 Å². The maximum Gasteiger partial charge on any atom is 0.121 e. The minimum Gasteiger partial charge on any atom is -0.507 e. The second-order valence-electron chi connectivity index (χ2n) is 5.53. The average Bonchev–Trinajstić information content (AvgIpc) is 2.49. The fourth-order valence-corrected chi connectivity index (χ4v) is 2.51. The van der Waals surface area contributed by atoms with E-state index in [1.165, 1.54) is 5.56 Å². The molecule has 21 heavy (non-hydrogen) atoms. The minimum atomic E-state index is 0.0295. The molecule has 0 saturated heterocycles. The first-order valence-corrected chi connectivity index (χ1v) is 7.27. The third-order valence-electron chi connectivity index (χ3n) is 3.69. The maximum atomic E-state index is 9.79. The number of aliphatic hydroxyl groups excluding tert-OH is 1. The van der Waals surface area contributed by atoms with Crippen LogP contribution in [0.25, 0.3) is 0 Å². The van der Waals surface area contributed by atoms with Crippen molar-refractivity contribution in [3.8, 4) is 5.75 Å². The lowest BCUT2D eigenvalue weighted by molar-refractivity contribution is 0.241. The summed E-state index contributed by atoms with van der Waals surface area (Å²) in [5, 5.41) is 22.7. The molecule has 0 amide bonds. The Morgan fingerprint density at radius 2 is 1.62 bits per heavy atom. The quantitative estimate of drug-likeness (QED) is 0.765. The Morgan fingerprint density at radius 1 is 1.00 bits per heavy atom. The van der Waals surface area contributed by atoms with Gasteiger partial charge in [-0.3, -0.25) is 0 Å². The molecule has 0 aliphatic carbocycles. The Balaban J connectivity index is 1.97. The Morgan fingerprint density at radius 3 is 2.19 bits per heavy atom. The highest BCUT2D eigenvalue weighted by molar-refractivity contribution is 5.42. The van der Waals surface area contributed by atoms with Crippen LogP contribution in [0, 0.1) is 13.8 Å². The molecule has 0 bridgehead atoms. The number of hydrogen-bond acceptors (Lipinski definition) is 3. The summed E-state index contributed by atoms with van der Waals surface area (Å²) in [4.78, 5) is 0. The van der Waals surface area contributed by atoms with Crippen LogP contribution in [0.4, 0.5) is 0 Å². The van der Waals surface area contributed by atoms with Gasteiger partial charge >= 0.3 is 0 Å². The van der Waals surface area contributed by atoms with Crippen molar-refractivity contribution in [3.05, 3.63) is 64.7 Å². The molecule has 2 aromatic carbocycles. The third kappa shape index (κ3) is 4.31. The molecular weight excluding hydrogens is 262 g/mol. The number of aryl methyl sites for hydroxylation is 2. The first-order chi connectivity index (χ1) is 10.1. The van der Waals surface area contributed by atoms with Gasteiger partial charge < -0.3 is 15.5 Å². The summed E-state index contributed by atoms with van der Waals surface area (Å²) in [5.74, 6) is 0.363. The zero-order valence-electron chi connectivity index (χ0n) is 12.6. The monoisotopic (exact) mass is 285 g/mol. The van der Waals surface area contributed by atoms with Crippen molar-refractivity contribution in [2.45, 2.75) is 32.9 Å². The first kappa shape index (κ1) is 15.5. The van der Waals surface area contributed by atoms with Crippen LogP contribution in [-0.2, 0) is 13.0 Å². The number of benzene rings is 2. The van der Waals surface area contributed by atoms with Crippen LogP contribution in [0.5, 0.6) is 5.75 Å². The zero-order chi connectivity index (χ0) is 15.2. The van der Waals surface area contributed by atoms with Crippen molar-refractivity contribution in [1.29, 1.82) is 0 Å². The minimum absolute atomic E-state index is 0.0295. The Hall–Kier alpha value is -1.84. The van der Waals surface area contributed by atoms with Gasteiger partial charge in [-0.15, -0.1) is 0 Å². The van der Waals surface area contributed by atoms with Crippen LogP contribution in [0.2, 0.25) is 0 Å². The number of rotatable bonds is 6. The molecule has 3 heteroatoms. The Kier molecular flexibility index (Phi) is 5.37. The molecule has 3 nitrogen and oxygen atoms in total. The predicted molar refractivity (Wildman–Crippen MR) is 85.4 cm³/mol. The van der Waals surface area contributed by atoms with Crippen molar-refractivity contribution in [2.24, 2.45) is 0 Å². The van der Waals surface area contributed by atoms with E-state index in [0.29, 0.717) is 12.3 Å². The van der Waals surface area contributed by atoms with E-state index in [1.54, 1.807) is 0 Å². The van der Waals surface area contributed by atoms with Gasteiger partial charge in [0.15, 0.2) is 0 Å². The second kappa shape index (κ2) is 7.25. The third-order valence-corrected chi connectivity index (χ3v) is 3.69. The van der Waals surface area contributed by atoms with E-state index in [0.717, 1.165) is 23.1 Å². The number of aliphatic hydroxyl groups is 1. The summed E-state index contributed by atoms with van der Waals surface area (Å²) < 4.78 is 0. The topological polar surface area (TPSA) is 52.5 Å². The summed E-state index contributed by atoms with van der Waals surface area (Å²) in [6, 6.07) is 14.1. The van der Waals surface area contributed by atoms with E-state index < -0.39 is 0 Å². The molecule has 0 aliphatic rings. The molecule has 0 fully saturated rings. The van der Waals surface area contributed by atoms with E-state index in [9.17, 15) is 10.2 Å². The van der Waals surface area contributed by atoms with Crippen molar-refractivity contribution >= 4 is 0 Å². The standard InChI is InChI=1S/C18H23NO2/c1-13-8-16(9-14(2)18(13)21)11-19-17(12-20)10-15-6-4-3-5-7-15/h3-9,17,19-21H,10-12H2,1-2H3/t17-/m0/s1. The lowest BCUT2D eigenvalue weighted by Gasteiger charge is -2.17. The SMILES string of the molecule is Cc1cc(CN[C@H](CO)Cc2ccccc2)cc(C)c1O. The molecule has 0 unspecified atom stereocenters. The van der Waals surface area contributed by atoms with Crippen molar-refractivity contribution in [3.63, 3.8) is 0 Å². The number of hydrogen-bond donors (Lipinski definition) is 3. The van der Waals surface area contributed by atoms with Gasteiger partial charge in [-0.05, 0) is 42.5 Å². The van der Waals surface area contributed by atoms with Crippen molar-refractivity contribution < 1.29 is 10.2 Å². The maximum absolute atomic E-state index is 9.79. The van der Waals surface area contributed by atoms with Gasteiger partial charge in [-0.1, -0.05) is 42.5 Å². The van der Waals surface area contributed by atoms with E-state index in [-0.39, 0.29) is 12.6 Å². The predicted octanol–water partition coefficient (Wildman–Crippen LogP) is 2.70. The average molecular weight is 285 g/mol. The molecule has 2 aromatic rings. The van der Waals surface area contributed by atoms with Crippen LogP contribution >= 0.6 is 0 Å².